The van der Waals surface area contributed by atoms with Crippen LogP contribution in [0.4, 0.5) is 0 Å². The zero-order chi connectivity index (χ0) is 57.2. The second-order valence-electron chi connectivity index (χ2n) is 22.5. The minimum absolute atomic E-state index is 0.0303. The number of allylic oxidation sites excluding steroid dienone is 15. The Bertz CT molecular complexity index is 1660. The average molecular weight is 1110 g/mol. The van der Waals surface area contributed by atoms with Crippen LogP contribution in [-0.4, -0.2) is 74.3 Å². The fourth-order valence-corrected chi connectivity index (χ4v) is 9.56. The second kappa shape index (κ2) is 57.2. The van der Waals surface area contributed by atoms with E-state index in [1.165, 1.54) is 109 Å². The molecule has 0 radical (unpaired) electrons. The monoisotopic (exact) mass is 1110 g/mol. The molecule has 3 atom stereocenters. The van der Waals surface area contributed by atoms with E-state index in [1.54, 1.807) is 0 Å². The summed E-state index contributed by atoms with van der Waals surface area (Å²) in [5.41, 5.74) is 0. The molecule has 0 rings (SSSR count). The Morgan fingerprint density at radius 2 is 0.821 bits per heavy atom. The number of esters is 1. The molecular weight excluding hydrogens is 988 g/mol. The van der Waals surface area contributed by atoms with E-state index < -0.39 is 20.0 Å². The molecule has 10 heteroatoms. The van der Waals surface area contributed by atoms with Gasteiger partial charge in [-0.1, -0.05) is 247 Å². The van der Waals surface area contributed by atoms with Crippen LogP contribution in [0.25, 0.3) is 0 Å². The number of ether oxygens (including phenoxy) is 1. The van der Waals surface area contributed by atoms with Crippen LogP contribution in [0.1, 0.15) is 271 Å². The lowest BCUT2D eigenvalue weighted by atomic mass is 10.0. The Kier molecular flexibility index (Phi) is 54.9. The van der Waals surface area contributed by atoms with Gasteiger partial charge in [0.05, 0.1) is 33.8 Å². The number of carbonyl (C=O) groups excluding carboxylic acids is 2. The number of hydrogen-bond acceptors (Lipinski definition) is 6. The minimum atomic E-state index is -4.46. The Morgan fingerprint density at radius 1 is 0.462 bits per heavy atom. The number of phosphoric ester groups is 1. The number of phosphoric acid groups is 1. The fraction of sp³-hybridized carbons (Fsp3) is 0.735. The van der Waals surface area contributed by atoms with Gasteiger partial charge in [0.25, 0.3) is 0 Å². The number of likely N-dealkylation sites (N-methyl/N-ethyl adjacent to an activating group) is 1. The molecule has 2 N–H and O–H groups in total. The van der Waals surface area contributed by atoms with Crippen LogP contribution in [0.15, 0.2) is 97.2 Å². The van der Waals surface area contributed by atoms with Crippen molar-refractivity contribution in [2.45, 2.75) is 283 Å². The van der Waals surface area contributed by atoms with E-state index in [9.17, 15) is 19.0 Å². The summed E-state index contributed by atoms with van der Waals surface area (Å²) in [6.07, 6.45) is 76.9. The number of rotatable bonds is 57. The zero-order valence-electron chi connectivity index (χ0n) is 51.4. The molecule has 0 spiro atoms. The van der Waals surface area contributed by atoms with E-state index in [1.807, 2.05) is 33.3 Å². The van der Waals surface area contributed by atoms with Gasteiger partial charge in [0, 0.05) is 12.8 Å². The predicted octanol–water partition coefficient (Wildman–Crippen LogP) is 19.9. The standard InChI is InChI=1S/C68H121N2O7P/c1-7-10-13-16-19-22-25-28-30-32-33-34-35-36-37-38-40-43-46-49-52-55-58-61-68(72)77-66(59-56-53-50-47-44-41-27-24-21-18-15-12-9-3)65(64-76-78(73,74)75-63-62-70(4,5)6)69-67(71)60-57-54-51-48-45-42-39-31-29-26-23-20-17-14-11-8-2/h10,13,19,22,28,30-31,33-34,36-37,39-40,43,56,59,65-66H,7-9,11-12,14-18,20-21,23-27,29,32,35,38,41-42,44-55,57-58,60-64H2,1-6H3,(H-,69,71,73,74)/p+1/b13-10-,22-19-,30-28-,34-33-,37-36-,39-31+,43-40-,59-56-. The lowest BCUT2D eigenvalue weighted by molar-refractivity contribution is -0.870. The topological polar surface area (TPSA) is 111 Å². The zero-order valence-corrected chi connectivity index (χ0v) is 52.3. The van der Waals surface area contributed by atoms with Crippen molar-refractivity contribution in [2.24, 2.45) is 0 Å². The van der Waals surface area contributed by atoms with E-state index in [0.717, 1.165) is 122 Å². The molecule has 9 nitrogen and oxygen atoms in total. The number of carbonyl (C=O) groups is 2. The molecule has 0 aromatic carbocycles. The third-order valence-electron chi connectivity index (χ3n) is 13.8. The summed E-state index contributed by atoms with van der Waals surface area (Å²) in [7, 11) is 1.47. The molecule has 0 saturated carbocycles. The van der Waals surface area contributed by atoms with Crippen molar-refractivity contribution in [1.82, 2.24) is 5.32 Å². The number of quaternary nitrogens is 1. The van der Waals surface area contributed by atoms with Crippen LogP contribution >= 0.6 is 7.82 Å². The van der Waals surface area contributed by atoms with Crippen LogP contribution in [0, 0.1) is 0 Å². The Balaban J connectivity index is 5.31. The third kappa shape index (κ3) is 57.6. The van der Waals surface area contributed by atoms with Gasteiger partial charge in [-0.05, 0) is 109 Å². The van der Waals surface area contributed by atoms with E-state index >= 15 is 0 Å². The minimum Gasteiger partial charge on any atom is -0.456 e. The average Bonchev–Trinajstić information content (AvgIpc) is 3.40. The lowest BCUT2D eigenvalue weighted by Gasteiger charge is -2.27. The number of hydrogen-bond donors (Lipinski definition) is 2. The van der Waals surface area contributed by atoms with E-state index in [0.29, 0.717) is 23.9 Å². The quantitative estimate of drug-likeness (QED) is 0.0205. The molecule has 1 amide bonds. The van der Waals surface area contributed by atoms with Crippen molar-refractivity contribution < 1.29 is 37.3 Å². The Labute approximate surface area is 481 Å². The maximum Gasteiger partial charge on any atom is 0.472 e. The molecule has 0 aromatic rings. The summed E-state index contributed by atoms with van der Waals surface area (Å²) >= 11 is 0. The van der Waals surface area contributed by atoms with Crippen LogP contribution in [0.5, 0.6) is 0 Å². The van der Waals surface area contributed by atoms with Gasteiger partial charge in [0.15, 0.2) is 0 Å². The first kappa shape index (κ1) is 74.9. The molecule has 0 fully saturated rings. The van der Waals surface area contributed by atoms with E-state index in [4.69, 9.17) is 13.8 Å². The second-order valence-corrected chi connectivity index (χ2v) is 24.0. The Morgan fingerprint density at radius 3 is 1.24 bits per heavy atom. The van der Waals surface area contributed by atoms with Gasteiger partial charge in [-0.3, -0.25) is 18.6 Å². The Hall–Kier alpha value is -3.07. The highest BCUT2D eigenvalue weighted by atomic mass is 31.2. The van der Waals surface area contributed by atoms with Gasteiger partial charge in [-0.15, -0.1) is 0 Å². The summed E-state index contributed by atoms with van der Waals surface area (Å²) in [6.45, 7) is 6.88. The molecular formula is C68H122N2O7P+. The first-order valence-corrected chi connectivity index (χ1v) is 33.6. The molecule has 3 unspecified atom stereocenters. The van der Waals surface area contributed by atoms with E-state index in [2.05, 4.69) is 111 Å². The molecule has 450 valence electrons. The summed E-state index contributed by atoms with van der Waals surface area (Å²) in [4.78, 5) is 37.8. The van der Waals surface area contributed by atoms with Crippen LogP contribution in [0.3, 0.4) is 0 Å². The molecule has 0 aliphatic carbocycles. The van der Waals surface area contributed by atoms with Gasteiger partial charge in [-0.25, -0.2) is 4.57 Å². The maximum absolute atomic E-state index is 13.6. The van der Waals surface area contributed by atoms with Crippen molar-refractivity contribution in [3.8, 4) is 0 Å². The van der Waals surface area contributed by atoms with Crippen LogP contribution in [0.2, 0.25) is 0 Å². The van der Waals surface area contributed by atoms with Gasteiger partial charge in [-0.2, -0.15) is 0 Å². The van der Waals surface area contributed by atoms with Crippen LogP contribution < -0.4 is 5.32 Å². The first-order valence-electron chi connectivity index (χ1n) is 32.1. The number of amides is 1. The molecule has 0 heterocycles. The SMILES string of the molecule is CC/C=C\C/C=C\C/C=C\C/C=C\C/C=C\C/C=C\CCCCCCC(=O)OC(/C=C\CCCCCCCCCCCCC)C(COP(=O)(O)OCC[N+](C)(C)C)NC(=O)CCCCCCC/C=C/CCCCCCCCC. The summed E-state index contributed by atoms with van der Waals surface area (Å²) in [6, 6.07) is -0.869. The molecule has 0 aliphatic heterocycles. The third-order valence-corrected chi connectivity index (χ3v) is 14.7. The van der Waals surface area contributed by atoms with E-state index in [-0.39, 0.29) is 31.5 Å². The smallest absolute Gasteiger partial charge is 0.456 e. The fourth-order valence-electron chi connectivity index (χ4n) is 8.82. The van der Waals surface area contributed by atoms with Crippen molar-refractivity contribution in [1.29, 1.82) is 0 Å². The summed E-state index contributed by atoms with van der Waals surface area (Å²) in [5, 5.41) is 3.05. The molecule has 0 aliphatic rings. The van der Waals surface area contributed by atoms with Gasteiger partial charge >= 0.3 is 13.8 Å². The largest absolute Gasteiger partial charge is 0.472 e. The highest BCUT2D eigenvalue weighted by Crippen LogP contribution is 2.43. The molecule has 0 bridgehead atoms. The van der Waals surface area contributed by atoms with Gasteiger partial charge < -0.3 is 19.4 Å². The lowest BCUT2D eigenvalue weighted by Crippen LogP contribution is -2.47. The van der Waals surface area contributed by atoms with Crippen molar-refractivity contribution >= 4 is 19.7 Å². The number of nitrogens with one attached hydrogen (secondary N) is 1. The van der Waals surface area contributed by atoms with Crippen LogP contribution in [-0.2, 0) is 27.9 Å². The highest BCUT2D eigenvalue weighted by Gasteiger charge is 2.30. The summed E-state index contributed by atoms with van der Waals surface area (Å²) < 4.78 is 30.7. The molecule has 78 heavy (non-hydrogen) atoms. The van der Waals surface area contributed by atoms with Gasteiger partial charge in [0.1, 0.15) is 19.3 Å². The summed E-state index contributed by atoms with van der Waals surface area (Å²) in [5.74, 6) is -0.545. The highest BCUT2D eigenvalue weighted by molar-refractivity contribution is 7.47. The molecule has 0 saturated heterocycles. The number of nitrogens with zero attached hydrogens (tertiary/aromatic N) is 1. The molecule has 0 aromatic heterocycles. The van der Waals surface area contributed by atoms with Gasteiger partial charge in [0.2, 0.25) is 5.91 Å². The normalized spacial score (nSPS) is 14.3. The van der Waals surface area contributed by atoms with Crippen molar-refractivity contribution in [3.05, 3.63) is 97.2 Å². The number of unbranched alkanes of at least 4 members (excludes halogenated alkanes) is 27. The predicted molar refractivity (Wildman–Crippen MR) is 337 cm³/mol. The first-order chi connectivity index (χ1) is 37.9. The maximum atomic E-state index is 13.6. The van der Waals surface area contributed by atoms with Crippen molar-refractivity contribution in [3.63, 3.8) is 0 Å². The van der Waals surface area contributed by atoms with Crippen molar-refractivity contribution in [2.75, 3.05) is 40.9 Å².